The number of aromatic nitrogens is 3. The second-order valence-electron chi connectivity index (χ2n) is 7.09. The summed E-state index contributed by atoms with van der Waals surface area (Å²) in [6, 6.07) is 17.3. The van der Waals surface area contributed by atoms with Gasteiger partial charge in [-0.1, -0.05) is 6.07 Å². The molecule has 158 valence electrons. The zero-order valence-electron chi connectivity index (χ0n) is 16.9. The summed E-state index contributed by atoms with van der Waals surface area (Å²) in [5, 5.41) is 20.5. The van der Waals surface area contributed by atoms with Crippen LogP contribution < -0.4 is 10.2 Å². The predicted octanol–water partition coefficient (Wildman–Crippen LogP) is 2.31. The average molecular weight is 436 g/mol. The highest BCUT2D eigenvalue weighted by Crippen LogP contribution is 2.21. The molecule has 2 aromatic heterocycles. The van der Waals surface area contributed by atoms with Gasteiger partial charge in [0.1, 0.15) is 5.82 Å². The number of hydrogen-bond donors (Lipinski definition) is 1. The summed E-state index contributed by atoms with van der Waals surface area (Å²) in [4.78, 5) is 6.58. The first-order valence-corrected chi connectivity index (χ1v) is 11.2. The van der Waals surface area contributed by atoms with E-state index in [2.05, 4.69) is 20.5 Å². The molecular weight excluding hydrogens is 414 g/mol. The molecule has 0 unspecified atom stereocenters. The van der Waals surface area contributed by atoms with Gasteiger partial charge in [-0.2, -0.15) is 9.57 Å². The average Bonchev–Trinajstić information content (AvgIpc) is 2.80. The molecule has 3 heterocycles. The molecule has 1 aliphatic heterocycles. The monoisotopic (exact) mass is 435 g/mol. The maximum atomic E-state index is 12.9. The van der Waals surface area contributed by atoms with Crippen LogP contribution in [0.25, 0.3) is 0 Å². The lowest BCUT2D eigenvalue weighted by molar-refractivity contribution is 0.383. The third kappa shape index (κ3) is 4.63. The number of piperazine rings is 1. The molecule has 1 saturated heterocycles. The molecule has 3 aromatic rings. The Morgan fingerprint density at radius 3 is 2.29 bits per heavy atom. The molecule has 0 bridgehead atoms. The van der Waals surface area contributed by atoms with Crippen LogP contribution >= 0.6 is 0 Å². The largest absolute Gasteiger partial charge is 0.352 e. The van der Waals surface area contributed by atoms with Crippen LogP contribution in [0.1, 0.15) is 11.3 Å². The zero-order chi connectivity index (χ0) is 21.8. The first-order valence-electron chi connectivity index (χ1n) is 9.75. The van der Waals surface area contributed by atoms with Crippen LogP contribution in [0, 0.1) is 18.3 Å². The first-order chi connectivity index (χ1) is 15.0. The fourth-order valence-electron chi connectivity index (χ4n) is 3.31. The summed E-state index contributed by atoms with van der Waals surface area (Å²) >= 11 is 0. The smallest absolute Gasteiger partial charge is 0.243 e. The van der Waals surface area contributed by atoms with Gasteiger partial charge in [0.05, 0.1) is 16.5 Å². The number of aryl methyl sites for hydroxylation is 1. The van der Waals surface area contributed by atoms with Gasteiger partial charge in [0.25, 0.3) is 0 Å². The summed E-state index contributed by atoms with van der Waals surface area (Å²) in [6.07, 6.45) is 0. The van der Waals surface area contributed by atoms with E-state index < -0.39 is 10.0 Å². The normalized spacial score (nSPS) is 14.8. The molecule has 1 fully saturated rings. The number of nitriles is 1. The molecule has 10 heteroatoms. The minimum absolute atomic E-state index is 0.194. The molecule has 0 saturated carbocycles. The van der Waals surface area contributed by atoms with E-state index in [-0.39, 0.29) is 4.90 Å². The van der Waals surface area contributed by atoms with Crippen molar-refractivity contribution in [3.63, 3.8) is 0 Å². The number of hydrogen-bond acceptors (Lipinski definition) is 8. The van der Waals surface area contributed by atoms with E-state index in [1.54, 1.807) is 0 Å². The number of benzene rings is 1. The van der Waals surface area contributed by atoms with Gasteiger partial charge in [0.15, 0.2) is 11.6 Å². The second kappa shape index (κ2) is 8.67. The third-order valence-corrected chi connectivity index (χ3v) is 6.89. The van der Waals surface area contributed by atoms with E-state index in [9.17, 15) is 8.42 Å². The Labute approximate surface area is 181 Å². The van der Waals surface area contributed by atoms with Crippen LogP contribution in [-0.2, 0) is 10.0 Å². The lowest BCUT2D eigenvalue weighted by atomic mass is 10.2. The summed E-state index contributed by atoms with van der Waals surface area (Å²) in [5.41, 5.74) is 1.34. The van der Waals surface area contributed by atoms with Crippen molar-refractivity contribution in [2.75, 3.05) is 36.4 Å². The predicted molar refractivity (Wildman–Crippen MR) is 116 cm³/mol. The van der Waals surface area contributed by atoms with E-state index in [0.717, 1.165) is 5.69 Å². The van der Waals surface area contributed by atoms with E-state index >= 15 is 0 Å². The summed E-state index contributed by atoms with van der Waals surface area (Å²) in [7, 11) is -3.59. The Bertz CT molecular complexity index is 1200. The Hall–Kier alpha value is -3.55. The third-order valence-electron chi connectivity index (χ3n) is 4.98. The summed E-state index contributed by atoms with van der Waals surface area (Å²) < 4.78 is 27.2. The lowest BCUT2D eigenvalue weighted by Gasteiger charge is -2.34. The number of anilines is 3. The van der Waals surface area contributed by atoms with Gasteiger partial charge in [0, 0.05) is 31.9 Å². The minimum Gasteiger partial charge on any atom is -0.352 e. The van der Waals surface area contributed by atoms with Crippen molar-refractivity contribution in [3.05, 3.63) is 65.9 Å². The molecule has 1 aromatic carbocycles. The fourth-order valence-corrected chi connectivity index (χ4v) is 4.73. The molecule has 9 nitrogen and oxygen atoms in total. The molecule has 4 rings (SSSR count). The van der Waals surface area contributed by atoms with Crippen molar-refractivity contribution in [1.82, 2.24) is 19.5 Å². The van der Waals surface area contributed by atoms with Gasteiger partial charge in [-0.05, 0) is 55.5 Å². The highest BCUT2D eigenvalue weighted by atomic mass is 32.2. The molecule has 0 spiro atoms. The molecule has 31 heavy (non-hydrogen) atoms. The minimum atomic E-state index is -3.59. The topological polar surface area (TPSA) is 115 Å². The van der Waals surface area contributed by atoms with Crippen LogP contribution in [0.4, 0.5) is 17.5 Å². The Morgan fingerprint density at radius 2 is 1.68 bits per heavy atom. The van der Waals surface area contributed by atoms with Crippen molar-refractivity contribution in [2.45, 2.75) is 11.8 Å². The Kier molecular flexibility index (Phi) is 5.79. The van der Waals surface area contributed by atoms with Crippen LogP contribution in [0.15, 0.2) is 59.5 Å². The molecule has 1 aliphatic rings. The lowest BCUT2D eigenvalue weighted by Crippen LogP contribution is -2.49. The first kappa shape index (κ1) is 20.7. The molecule has 0 atom stereocenters. The van der Waals surface area contributed by atoms with Gasteiger partial charge in [-0.15, -0.1) is 10.2 Å². The summed E-state index contributed by atoms with van der Waals surface area (Å²) in [6.45, 7) is 3.63. The quantitative estimate of drug-likeness (QED) is 0.649. The number of pyridine rings is 1. The second-order valence-corrected chi connectivity index (χ2v) is 9.03. The van der Waals surface area contributed by atoms with Crippen molar-refractivity contribution >= 4 is 27.5 Å². The molecule has 0 amide bonds. The highest BCUT2D eigenvalue weighted by molar-refractivity contribution is 7.89. The van der Waals surface area contributed by atoms with Crippen LogP contribution in [0.2, 0.25) is 0 Å². The van der Waals surface area contributed by atoms with Gasteiger partial charge in [-0.25, -0.2) is 13.4 Å². The van der Waals surface area contributed by atoms with Crippen LogP contribution in [0.5, 0.6) is 0 Å². The highest BCUT2D eigenvalue weighted by Gasteiger charge is 2.29. The van der Waals surface area contributed by atoms with Crippen molar-refractivity contribution < 1.29 is 8.42 Å². The van der Waals surface area contributed by atoms with E-state index in [4.69, 9.17) is 5.26 Å². The SMILES string of the molecule is Cc1cccc(Nc2ccc(N3CCN(S(=O)(=O)c4ccc(C#N)cc4)CC3)nn2)n1. The van der Waals surface area contributed by atoms with E-state index in [1.807, 2.05) is 48.2 Å². The summed E-state index contributed by atoms with van der Waals surface area (Å²) in [5.74, 6) is 1.98. The zero-order valence-corrected chi connectivity index (χ0v) is 17.7. The number of nitrogens with zero attached hydrogens (tertiary/aromatic N) is 6. The van der Waals surface area contributed by atoms with Crippen LogP contribution in [-0.4, -0.2) is 54.1 Å². The Morgan fingerprint density at radius 1 is 0.935 bits per heavy atom. The maximum absolute atomic E-state index is 12.9. The van der Waals surface area contributed by atoms with Crippen molar-refractivity contribution in [2.24, 2.45) is 0 Å². The number of sulfonamides is 1. The van der Waals surface area contributed by atoms with E-state index in [0.29, 0.717) is 49.2 Å². The Balaban J connectivity index is 1.38. The van der Waals surface area contributed by atoms with Gasteiger partial charge < -0.3 is 10.2 Å². The maximum Gasteiger partial charge on any atom is 0.243 e. The van der Waals surface area contributed by atoms with E-state index in [1.165, 1.54) is 28.6 Å². The molecular formula is C21H21N7O2S. The molecule has 0 aliphatic carbocycles. The fraction of sp³-hybridized carbons (Fsp3) is 0.238. The van der Waals surface area contributed by atoms with Gasteiger partial charge in [-0.3, -0.25) is 0 Å². The van der Waals surface area contributed by atoms with Crippen molar-refractivity contribution in [1.29, 1.82) is 5.26 Å². The molecule has 0 radical (unpaired) electrons. The molecule has 1 N–H and O–H groups in total. The van der Waals surface area contributed by atoms with Crippen LogP contribution in [0.3, 0.4) is 0 Å². The number of rotatable bonds is 5. The number of nitrogens with one attached hydrogen (secondary N) is 1. The van der Waals surface area contributed by atoms with Crippen molar-refractivity contribution in [3.8, 4) is 6.07 Å². The van der Waals surface area contributed by atoms with Gasteiger partial charge >= 0.3 is 0 Å². The standard InChI is InChI=1S/C21H21N7O2S/c1-16-3-2-4-19(23-16)24-20-9-10-21(26-25-20)27-11-13-28(14-12-27)31(29,30)18-7-5-17(15-22)6-8-18/h2-10H,11-14H2,1H3,(H,23,24,25). The van der Waals surface area contributed by atoms with Gasteiger partial charge in [0.2, 0.25) is 10.0 Å².